The number of aliphatic carboxylic acids is 1. The first-order valence-corrected chi connectivity index (χ1v) is 8.61. The number of hydrogen-bond acceptors (Lipinski definition) is 1. The quantitative estimate of drug-likeness (QED) is 0.315. The van der Waals surface area contributed by atoms with E-state index in [9.17, 15) is 9.90 Å². The van der Waals surface area contributed by atoms with E-state index in [1.165, 1.54) is 51.4 Å². The van der Waals surface area contributed by atoms with Gasteiger partial charge in [0.2, 0.25) is 0 Å². The van der Waals surface area contributed by atoms with E-state index in [-0.39, 0.29) is 5.92 Å². The Hall–Kier alpha value is -0.790. The molecule has 0 heterocycles. The third-order valence-electron chi connectivity index (χ3n) is 3.78. The summed E-state index contributed by atoms with van der Waals surface area (Å²) < 4.78 is 0. The summed E-state index contributed by atoms with van der Waals surface area (Å²) in [6.45, 7) is 4.41. The van der Waals surface area contributed by atoms with Crippen molar-refractivity contribution in [1.29, 1.82) is 0 Å². The van der Waals surface area contributed by atoms with Crippen LogP contribution in [-0.2, 0) is 4.79 Å². The highest BCUT2D eigenvalue weighted by molar-refractivity contribution is 5.72. The van der Waals surface area contributed by atoms with E-state index in [1.807, 2.05) is 6.08 Å². The number of allylic oxidation sites excluding steroid dienone is 1. The lowest BCUT2D eigenvalue weighted by Crippen LogP contribution is -2.10. The minimum atomic E-state index is -0.666. The molecule has 0 aromatic heterocycles. The Kier molecular flexibility index (Phi) is 14.0. The van der Waals surface area contributed by atoms with Gasteiger partial charge in [-0.1, -0.05) is 83.8 Å². The van der Waals surface area contributed by atoms with Gasteiger partial charge in [-0.15, -0.1) is 0 Å². The van der Waals surface area contributed by atoms with E-state index >= 15 is 0 Å². The first-order valence-electron chi connectivity index (χ1n) is 8.61. The monoisotopic (exact) mass is 282 g/mol. The molecule has 1 N–H and O–H groups in total. The number of carboxylic acid groups (broad SMARTS) is 1. The predicted octanol–water partition coefficient (Wildman–Crippen LogP) is 5.96. The minimum absolute atomic E-state index is 0.271. The molecule has 2 nitrogen and oxygen atoms in total. The van der Waals surface area contributed by atoms with Crippen molar-refractivity contribution < 1.29 is 9.90 Å². The fraction of sp³-hybridized carbons (Fsp3) is 0.833. The molecule has 1 unspecified atom stereocenters. The van der Waals surface area contributed by atoms with Gasteiger partial charge in [0.1, 0.15) is 0 Å². The summed E-state index contributed by atoms with van der Waals surface area (Å²) in [6, 6.07) is 0. The molecule has 20 heavy (non-hydrogen) atoms. The minimum Gasteiger partial charge on any atom is -0.481 e. The average molecular weight is 282 g/mol. The summed E-state index contributed by atoms with van der Waals surface area (Å²) in [5.74, 6) is -0.937. The highest BCUT2D eigenvalue weighted by Gasteiger charge is 2.12. The van der Waals surface area contributed by atoms with Gasteiger partial charge in [-0.25, -0.2) is 0 Å². The third-order valence-corrected chi connectivity index (χ3v) is 3.78. The summed E-state index contributed by atoms with van der Waals surface area (Å²) in [7, 11) is 0. The fourth-order valence-electron chi connectivity index (χ4n) is 2.40. The van der Waals surface area contributed by atoms with Gasteiger partial charge in [-0.3, -0.25) is 4.79 Å². The maximum atomic E-state index is 11.2. The van der Waals surface area contributed by atoms with Gasteiger partial charge in [-0.05, 0) is 19.3 Å². The van der Waals surface area contributed by atoms with Crippen molar-refractivity contribution in [3.05, 3.63) is 12.2 Å². The maximum Gasteiger partial charge on any atom is 0.310 e. The number of unbranched alkanes of at least 4 members (excludes halogenated alkanes) is 9. The van der Waals surface area contributed by atoms with E-state index in [4.69, 9.17) is 0 Å². The van der Waals surface area contributed by atoms with Crippen molar-refractivity contribution in [2.75, 3.05) is 0 Å². The van der Waals surface area contributed by atoms with Crippen LogP contribution < -0.4 is 0 Å². The molecule has 0 radical (unpaired) electrons. The standard InChI is InChI=1S/C18H34O2/c1-3-5-7-9-10-11-12-14-16-17(18(19)20)15-13-8-6-4-2/h14,16-17H,3-13,15H2,1-2H3,(H,19,20)/b16-14-. The summed E-state index contributed by atoms with van der Waals surface area (Å²) >= 11 is 0. The molecule has 0 saturated heterocycles. The van der Waals surface area contributed by atoms with Crippen LogP contribution in [0.1, 0.15) is 90.9 Å². The SMILES string of the molecule is CCCCCCCC/C=C\C(CCCCCC)C(=O)O. The van der Waals surface area contributed by atoms with Crippen LogP contribution in [0.15, 0.2) is 12.2 Å². The van der Waals surface area contributed by atoms with Gasteiger partial charge in [0.05, 0.1) is 5.92 Å². The highest BCUT2D eigenvalue weighted by Crippen LogP contribution is 2.14. The van der Waals surface area contributed by atoms with Crippen LogP contribution in [0.5, 0.6) is 0 Å². The normalized spacial score (nSPS) is 12.9. The van der Waals surface area contributed by atoms with Crippen LogP contribution in [0.4, 0.5) is 0 Å². The summed E-state index contributed by atoms with van der Waals surface area (Å²) in [6.07, 6.45) is 18.2. The Morgan fingerprint density at radius 3 is 2.05 bits per heavy atom. The van der Waals surface area contributed by atoms with Gasteiger partial charge in [0, 0.05) is 0 Å². The lowest BCUT2D eigenvalue weighted by molar-refractivity contribution is -0.140. The summed E-state index contributed by atoms with van der Waals surface area (Å²) in [4.78, 5) is 11.2. The number of carboxylic acids is 1. The fourth-order valence-corrected chi connectivity index (χ4v) is 2.40. The molecule has 0 saturated carbocycles. The molecule has 0 spiro atoms. The Morgan fingerprint density at radius 1 is 0.900 bits per heavy atom. The number of rotatable bonds is 14. The molecule has 2 heteroatoms. The molecule has 0 fully saturated rings. The van der Waals surface area contributed by atoms with Crippen molar-refractivity contribution in [3.63, 3.8) is 0 Å². The van der Waals surface area contributed by atoms with E-state index in [0.717, 1.165) is 25.7 Å². The van der Waals surface area contributed by atoms with Crippen molar-refractivity contribution >= 4 is 5.97 Å². The summed E-state index contributed by atoms with van der Waals surface area (Å²) in [5.41, 5.74) is 0. The second-order valence-corrected chi connectivity index (χ2v) is 5.78. The van der Waals surface area contributed by atoms with Crippen molar-refractivity contribution in [2.45, 2.75) is 90.9 Å². The molecule has 0 aliphatic heterocycles. The zero-order chi connectivity index (χ0) is 15.1. The van der Waals surface area contributed by atoms with Gasteiger partial charge in [0.25, 0.3) is 0 Å². The van der Waals surface area contributed by atoms with Crippen molar-refractivity contribution in [2.24, 2.45) is 5.92 Å². The van der Waals surface area contributed by atoms with E-state index in [0.29, 0.717) is 0 Å². The van der Waals surface area contributed by atoms with Gasteiger partial charge in [0.15, 0.2) is 0 Å². The molecule has 0 aromatic rings. The maximum absolute atomic E-state index is 11.2. The van der Waals surface area contributed by atoms with E-state index < -0.39 is 5.97 Å². The van der Waals surface area contributed by atoms with Crippen LogP contribution in [0.25, 0.3) is 0 Å². The first-order chi connectivity index (χ1) is 9.72. The van der Waals surface area contributed by atoms with Crippen molar-refractivity contribution in [3.8, 4) is 0 Å². The van der Waals surface area contributed by atoms with Crippen molar-refractivity contribution in [1.82, 2.24) is 0 Å². The predicted molar refractivity (Wildman–Crippen MR) is 87.0 cm³/mol. The topological polar surface area (TPSA) is 37.3 Å². The Morgan fingerprint density at radius 2 is 1.45 bits per heavy atom. The Bertz CT molecular complexity index is 246. The Balaban J connectivity index is 3.66. The smallest absolute Gasteiger partial charge is 0.310 e. The number of carbonyl (C=O) groups is 1. The summed E-state index contributed by atoms with van der Waals surface area (Å²) in [5, 5.41) is 9.18. The van der Waals surface area contributed by atoms with Gasteiger partial charge >= 0.3 is 5.97 Å². The molecule has 118 valence electrons. The van der Waals surface area contributed by atoms with Gasteiger partial charge in [-0.2, -0.15) is 0 Å². The first kappa shape index (κ1) is 19.2. The second kappa shape index (κ2) is 14.6. The van der Waals surface area contributed by atoms with E-state index in [2.05, 4.69) is 19.9 Å². The average Bonchev–Trinajstić information content (AvgIpc) is 2.43. The molecular weight excluding hydrogens is 248 g/mol. The molecule has 0 aliphatic carbocycles. The second-order valence-electron chi connectivity index (χ2n) is 5.78. The molecule has 0 aliphatic rings. The lowest BCUT2D eigenvalue weighted by Gasteiger charge is -2.07. The molecule has 0 amide bonds. The molecule has 0 aromatic carbocycles. The van der Waals surface area contributed by atoms with Crippen LogP contribution in [0.2, 0.25) is 0 Å². The van der Waals surface area contributed by atoms with Crippen LogP contribution in [0, 0.1) is 5.92 Å². The van der Waals surface area contributed by atoms with E-state index in [1.54, 1.807) is 0 Å². The van der Waals surface area contributed by atoms with Gasteiger partial charge < -0.3 is 5.11 Å². The zero-order valence-corrected chi connectivity index (χ0v) is 13.6. The molecular formula is C18H34O2. The van der Waals surface area contributed by atoms with Crippen LogP contribution in [0.3, 0.4) is 0 Å². The molecule has 0 rings (SSSR count). The lowest BCUT2D eigenvalue weighted by atomic mass is 9.99. The number of hydrogen-bond donors (Lipinski definition) is 1. The molecule has 0 bridgehead atoms. The van der Waals surface area contributed by atoms with Crippen LogP contribution >= 0.6 is 0 Å². The van der Waals surface area contributed by atoms with Crippen LogP contribution in [-0.4, -0.2) is 11.1 Å². The molecule has 1 atom stereocenters. The largest absolute Gasteiger partial charge is 0.481 e. The Labute approximate surface area is 125 Å². The third kappa shape index (κ3) is 12.3. The highest BCUT2D eigenvalue weighted by atomic mass is 16.4. The zero-order valence-electron chi connectivity index (χ0n) is 13.6.